The van der Waals surface area contributed by atoms with E-state index in [-0.39, 0.29) is 5.54 Å². The van der Waals surface area contributed by atoms with Crippen molar-refractivity contribution in [3.63, 3.8) is 0 Å². The molecule has 0 unspecified atom stereocenters. The Labute approximate surface area is 91.2 Å². The fraction of sp³-hybridized carbons (Fsp3) is 0.500. The summed E-state index contributed by atoms with van der Waals surface area (Å²) in [6.45, 7) is 6.90. The van der Waals surface area contributed by atoms with Gasteiger partial charge in [-0.05, 0) is 32.9 Å². The molecule has 0 aliphatic carbocycles. The van der Waals surface area contributed by atoms with Crippen molar-refractivity contribution >= 4 is 0 Å². The molecule has 0 amide bonds. The molecule has 0 spiro atoms. The smallest absolute Gasteiger partial charge is 0.161 e. The number of para-hydroxylation sites is 2. The van der Waals surface area contributed by atoms with Crippen LogP contribution in [-0.4, -0.2) is 18.8 Å². The maximum atomic E-state index is 5.84. The fourth-order valence-electron chi connectivity index (χ4n) is 1.11. The molecular formula is C12H19NO2. The first-order chi connectivity index (χ1) is 7.03. The van der Waals surface area contributed by atoms with E-state index in [4.69, 9.17) is 15.2 Å². The van der Waals surface area contributed by atoms with E-state index in [1.807, 2.05) is 45.0 Å². The molecule has 0 radical (unpaired) electrons. The van der Waals surface area contributed by atoms with E-state index in [0.29, 0.717) is 13.2 Å². The summed E-state index contributed by atoms with van der Waals surface area (Å²) < 4.78 is 11.0. The first-order valence-electron chi connectivity index (χ1n) is 5.16. The number of hydrogen-bond acceptors (Lipinski definition) is 3. The van der Waals surface area contributed by atoms with E-state index in [2.05, 4.69) is 0 Å². The minimum absolute atomic E-state index is 0.334. The average molecular weight is 209 g/mol. The number of ether oxygens (including phenoxy) is 2. The molecule has 0 bridgehead atoms. The lowest BCUT2D eigenvalue weighted by molar-refractivity contribution is 0.227. The quantitative estimate of drug-likeness (QED) is 0.808. The van der Waals surface area contributed by atoms with Crippen LogP contribution in [0.2, 0.25) is 0 Å². The van der Waals surface area contributed by atoms with Crippen molar-refractivity contribution in [2.24, 2.45) is 5.73 Å². The second-order valence-corrected chi connectivity index (χ2v) is 4.16. The molecule has 1 aromatic carbocycles. The average Bonchev–Trinajstić information content (AvgIpc) is 2.16. The molecule has 0 aliphatic rings. The summed E-state index contributed by atoms with van der Waals surface area (Å²) in [5, 5.41) is 0. The molecule has 3 nitrogen and oxygen atoms in total. The predicted octanol–water partition coefficient (Wildman–Crippen LogP) is 2.20. The monoisotopic (exact) mass is 209 g/mol. The highest BCUT2D eigenvalue weighted by Gasteiger charge is 2.13. The number of rotatable bonds is 5. The Bertz CT molecular complexity index is 305. The molecule has 15 heavy (non-hydrogen) atoms. The summed E-state index contributed by atoms with van der Waals surface area (Å²) in [5.41, 5.74) is 5.51. The van der Waals surface area contributed by atoms with Gasteiger partial charge in [0.25, 0.3) is 0 Å². The Hall–Kier alpha value is -1.22. The third-order valence-corrected chi connectivity index (χ3v) is 1.75. The van der Waals surface area contributed by atoms with Crippen molar-refractivity contribution in [1.82, 2.24) is 0 Å². The molecule has 1 rings (SSSR count). The highest BCUT2D eigenvalue weighted by molar-refractivity contribution is 5.39. The Morgan fingerprint density at radius 1 is 1.13 bits per heavy atom. The molecule has 0 fully saturated rings. The molecule has 0 atom stereocenters. The van der Waals surface area contributed by atoms with Crippen molar-refractivity contribution in [1.29, 1.82) is 0 Å². The Kier molecular flexibility index (Phi) is 3.97. The Morgan fingerprint density at radius 3 is 2.13 bits per heavy atom. The standard InChI is InChI=1S/C12H19NO2/c1-4-14-10-7-5-6-8-11(10)15-9-12(2,3)13/h5-8H,4,9,13H2,1-3H3. The van der Waals surface area contributed by atoms with Gasteiger partial charge in [0.05, 0.1) is 6.61 Å². The summed E-state index contributed by atoms with van der Waals surface area (Å²) in [5.74, 6) is 1.52. The SMILES string of the molecule is CCOc1ccccc1OCC(C)(C)N. The van der Waals surface area contributed by atoms with E-state index in [1.165, 1.54) is 0 Å². The minimum atomic E-state index is -0.334. The normalized spacial score (nSPS) is 11.2. The third-order valence-electron chi connectivity index (χ3n) is 1.75. The molecule has 0 aromatic heterocycles. The van der Waals surface area contributed by atoms with E-state index in [9.17, 15) is 0 Å². The van der Waals surface area contributed by atoms with Crippen molar-refractivity contribution in [3.8, 4) is 11.5 Å². The predicted molar refractivity (Wildman–Crippen MR) is 61.4 cm³/mol. The van der Waals surface area contributed by atoms with Gasteiger partial charge in [-0.25, -0.2) is 0 Å². The van der Waals surface area contributed by atoms with Crippen LogP contribution in [0.15, 0.2) is 24.3 Å². The van der Waals surface area contributed by atoms with Crippen LogP contribution in [0.25, 0.3) is 0 Å². The summed E-state index contributed by atoms with van der Waals surface area (Å²) in [6.07, 6.45) is 0. The van der Waals surface area contributed by atoms with Crippen molar-refractivity contribution < 1.29 is 9.47 Å². The van der Waals surface area contributed by atoms with Crippen molar-refractivity contribution in [3.05, 3.63) is 24.3 Å². The van der Waals surface area contributed by atoms with Crippen LogP contribution >= 0.6 is 0 Å². The fourth-order valence-corrected chi connectivity index (χ4v) is 1.11. The summed E-state index contributed by atoms with van der Waals surface area (Å²) in [4.78, 5) is 0. The van der Waals surface area contributed by atoms with Crippen molar-refractivity contribution in [2.75, 3.05) is 13.2 Å². The zero-order valence-corrected chi connectivity index (χ0v) is 9.62. The zero-order chi connectivity index (χ0) is 11.3. The Balaban J connectivity index is 2.67. The summed E-state index contributed by atoms with van der Waals surface area (Å²) in [6, 6.07) is 7.62. The molecule has 2 N–H and O–H groups in total. The van der Waals surface area contributed by atoms with Crippen molar-refractivity contribution in [2.45, 2.75) is 26.3 Å². The summed E-state index contributed by atoms with van der Waals surface area (Å²) in [7, 11) is 0. The molecule has 1 aromatic rings. The molecule has 84 valence electrons. The van der Waals surface area contributed by atoms with Gasteiger partial charge in [0.15, 0.2) is 11.5 Å². The third kappa shape index (κ3) is 4.21. The molecular weight excluding hydrogens is 190 g/mol. The van der Waals surface area contributed by atoms with Gasteiger partial charge in [-0.1, -0.05) is 12.1 Å². The largest absolute Gasteiger partial charge is 0.490 e. The highest BCUT2D eigenvalue weighted by atomic mass is 16.5. The number of benzene rings is 1. The first-order valence-corrected chi connectivity index (χ1v) is 5.16. The van der Waals surface area contributed by atoms with Gasteiger partial charge in [-0.15, -0.1) is 0 Å². The Morgan fingerprint density at radius 2 is 1.67 bits per heavy atom. The van der Waals surface area contributed by atoms with E-state index in [0.717, 1.165) is 11.5 Å². The van der Waals surface area contributed by atoms with Crippen LogP contribution in [0.1, 0.15) is 20.8 Å². The van der Waals surface area contributed by atoms with Crippen LogP contribution in [0, 0.1) is 0 Å². The maximum absolute atomic E-state index is 5.84. The van der Waals surface area contributed by atoms with Crippen LogP contribution in [0.3, 0.4) is 0 Å². The van der Waals surface area contributed by atoms with Crippen LogP contribution in [0.5, 0.6) is 11.5 Å². The van der Waals surface area contributed by atoms with E-state index >= 15 is 0 Å². The second kappa shape index (κ2) is 5.03. The van der Waals surface area contributed by atoms with Crippen LogP contribution in [0.4, 0.5) is 0 Å². The highest BCUT2D eigenvalue weighted by Crippen LogP contribution is 2.26. The van der Waals surface area contributed by atoms with Gasteiger partial charge >= 0.3 is 0 Å². The molecule has 0 saturated carbocycles. The van der Waals surface area contributed by atoms with Gasteiger partial charge < -0.3 is 15.2 Å². The van der Waals surface area contributed by atoms with E-state index < -0.39 is 0 Å². The lowest BCUT2D eigenvalue weighted by Gasteiger charge is -2.20. The number of hydrogen-bond donors (Lipinski definition) is 1. The lowest BCUT2D eigenvalue weighted by Crippen LogP contribution is -2.38. The van der Waals surface area contributed by atoms with E-state index in [1.54, 1.807) is 0 Å². The summed E-state index contributed by atoms with van der Waals surface area (Å²) >= 11 is 0. The lowest BCUT2D eigenvalue weighted by atomic mass is 10.1. The zero-order valence-electron chi connectivity index (χ0n) is 9.62. The van der Waals surface area contributed by atoms with Gasteiger partial charge in [-0.2, -0.15) is 0 Å². The van der Waals surface area contributed by atoms with Crippen LogP contribution < -0.4 is 15.2 Å². The molecule has 0 aliphatic heterocycles. The van der Waals surface area contributed by atoms with Crippen LogP contribution in [-0.2, 0) is 0 Å². The van der Waals surface area contributed by atoms with Gasteiger partial charge in [-0.3, -0.25) is 0 Å². The second-order valence-electron chi connectivity index (χ2n) is 4.16. The maximum Gasteiger partial charge on any atom is 0.161 e. The van der Waals surface area contributed by atoms with Gasteiger partial charge in [0.2, 0.25) is 0 Å². The minimum Gasteiger partial charge on any atom is -0.490 e. The molecule has 0 heterocycles. The molecule has 3 heteroatoms. The topological polar surface area (TPSA) is 44.5 Å². The first kappa shape index (κ1) is 11.9. The molecule has 0 saturated heterocycles. The number of nitrogens with two attached hydrogens (primary N) is 1. The van der Waals surface area contributed by atoms with Gasteiger partial charge in [0.1, 0.15) is 6.61 Å². The van der Waals surface area contributed by atoms with Gasteiger partial charge in [0, 0.05) is 5.54 Å².